The van der Waals surface area contributed by atoms with E-state index in [9.17, 15) is 4.79 Å². The number of benzene rings is 1. The number of hydrogen-bond donors (Lipinski definition) is 2. The quantitative estimate of drug-likeness (QED) is 0.820. The smallest absolute Gasteiger partial charge is 0.246 e. The summed E-state index contributed by atoms with van der Waals surface area (Å²) in [6, 6.07) is 0.825. The predicted molar refractivity (Wildman–Crippen MR) is 60.1 cm³/mol. The molecule has 0 bridgehead atoms. The molecule has 0 radical (unpaired) electrons. The molecule has 1 amide bonds. The molecule has 6 heteroatoms. The number of carbonyl (C=O) groups excluding carboxylic acids is 1. The number of methoxy groups -OCH3 is 2. The summed E-state index contributed by atoms with van der Waals surface area (Å²) in [4.78, 5) is 11.5. The number of carbonyl (C=O) groups is 1. The van der Waals surface area contributed by atoms with Gasteiger partial charge in [-0.05, 0) is 0 Å². The van der Waals surface area contributed by atoms with Gasteiger partial charge in [-0.25, -0.2) is 0 Å². The molecular weight excluding hydrogens is 232 g/mol. The van der Waals surface area contributed by atoms with Gasteiger partial charge in [-0.1, -0.05) is 11.6 Å². The van der Waals surface area contributed by atoms with Crippen LogP contribution in [0.1, 0.15) is 11.6 Å². The lowest BCUT2D eigenvalue weighted by molar-refractivity contribution is -0.116. The number of anilines is 1. The van der Waals surface area contributed by atoms with Crippen molar-refractivity contribution < 1.29 is 14.3 Å². The van der Waals surface area contributed by atoms with Crippen molar-refractivity contribution in [2.24, 2.45) is 5.73 Å². The molecule has 5 nitrogen and oxygen atoms in total. The molecule has 1 heterocycles. The van der Waals surface area contributed by atoms with E-state index >= 15 is 0 Å². The van der Waals surface area contributed by atoms with E-state index in [0.717, 1.165) is 0 Å². The van der Waals surface area contributed by atoms with Crippen molar-refractivity contribution in [3.8, 4) is 11.5 Å². The third-order valence-electron chi connectivity index (χ3n) is 2.51. The molecule has 0 aromatic heterocycles. The number of ether oxygens (including phenoxy) is 2. The van der Waals surface area contributed by atoms with Gasteiger partial charge in [-0.2, -0.15) is 0 Å². The van der Waals surface area contributed by atoms with E-state index < -0.39 is 6.04 Å². The summed E-state index contributed by atoms with van der Waals surface area (Å²) < 4.78 is 10.2. The molecule has 1 aliphatic heterocycles. The summed E-state index contributed by atoms with van der Waals surface area (Å²) in [7, 11) is 2.99. The Balaban J connectivity index is 2.69. The lowest BCUT2D eigenvalue weighted by atomic mass is 10.1. The summed E-state index contributed by atoms with van der Waals surface area (Å²) in [6.07, 6.45) is 0. The second-order valence-corrected chi connectivity index (χ2v) is 3.73. The standard InChI is InChI=1S/C10H11ClN2O3/c1-15-4-3-5(16-2)9-6(7(4)11)8(12)10(14)13-9/h3,8H,12H2,1-2H3,(H,13,14). The predicted octanol–water partition coefficient (Wildman–Crippen LogP) is 1.31. The minimum atomic E-state index is -0.786. The van der Waals surface area contributed by atoms with Crippen molar-refractivity contribution in [2.75, 3.05) is 19.5 Å². The summed E-state index contributed by atoms with van der Waals surface area (Å²) in [5.74, 6) is 0.616. The highest BCUT2D eigenvalue weighted by Crippen LogP contribution is 2.46. The number of nitrogens with two attached hydrogens (primary N) is 1. The first kappa shape index (κ1) is 11.0. The van der Waals surface area contributed by atoms with Crippen LogP contribution in [0.25, 0.3) is 0 Å². The highest BCUT2D eigenvalue weighted by molar-refractivity contribution is 6.34. The molecule has 16 heavy (non-hydrogen) atoms. The number of halogens is 1. The molecule has 86 valence electrons. The third kappa shape index (κ3) is 1.40. The van der Waals surface area contributed by atoms with Gasteiger partial charge in [0, 0.05) is 11.6 Å². The fourth-order valence-corrected chi connectivity index (χ4v) is 2.04. The average Bonchev–Trinajstić information content (AvgIpc) is 2.57. The molecular formula is C10H11ClN2O3. The van der Waals surface area contributed by atoms with E-state index in [1.807, 2.05) is 0 Å². The Kier molecular flexibility index (Phi) is 2.65. The summed E-state index contributed by atoms with van der Waals surface area (Å²) in [6.45, 7) is 0. The topological polar surface area (TPSA) is 73.6 Å². The zero-order valence-corrected chi connectivity index (χ0v) is 9.59. The molecule has 1 aromatic rings. The van der Waals surface area contributed by atoms with Crippen LogP contribution >= 0.6 is 11.6 Å². The van der Waals surface area contributed by atoms with Crippen molar-refractivity contribution in [1.29, 1.82) is 0 Å². The molecule has 1 unspecified atom stereocenters. The second kappa shape index (κ2) is 3.84. The summed E-state index contributed by atoms with van der Waals surface area (Å²) >= 11 is 6.09. The molecule has 0 aliphatic carbocycles. The van der Waals surface area contributed by atoms with Gasteiger partial charge < -0.3 is 20.5 Å². The van der Waals surface area contributed by atoms with E-state index in [4.69, 9.17) is 26.8 Å². The lowest BCUT2D eigenvalue weighted by Gasteiger charge is -2.12. The van der Waals surface area contributed by atoms with Crippen LogP contribution in [0, 0.1) is 0 Å². The molecule has 0 fully saturated rings. The molecule has 1 atom stereocenters. The van der Waals surface area contributed by atoms with Gasteiger partial charge in [-0.3, -0.25) is 4.79 Å². The minimum Gasteiger partial charge on any atom is -0.495 e. The van der Waals surface area contributed by atoms with Gasteiger partial charge in [0.25, 0.3) is 0 Å². The number of rotatable bonds is 2. The fourth-order valence-electron chi connectivity index (χ4n) is 1.69. The first-order valence-corrected chi connectivity index (χ1v) is 4.98. The van der Waals surface area contributed by atoms with Gasteiger partial charge in [0.05, 0.1) is 24.9 Å². The molecule has 0 saturated heterocycles. The van der Waals surface area contributed by atoms with E-state index in [1.165, 1.54) is 14.2 Å². The van der Waals surface area contributed by atoms with Crippen LogP contribution in [0.4, 0.5) is 5.69 Å². The highest BCUT2D eigenvalue weighted by Gasteiger charge is 2.34. The highest BCUT2D eigenvalue weighted by atomic mass is 35.5. The van der Waals surface area contributed by atoms with Crippen LogP contribution in [-0.4, -0.2) is 20.1 Å². The normalized spacial score (nSPS) is 18.0. The lowest BCUT2D eigenvalue weighted by Crippen LogP contribution is -2.19. The van der Waals surface area contributed by atoms with Gasteiger partial charge in [0.1, 0.15) is 17.5 Å². The van der Waals surface area contributed by atoms with E-state index in [1.54, 1.807) is 6.07 Å². The van der Waals surface area contributed by atoms with Crippen molar-refractivity contribution in [3.63, 3.8) is 0 Å². The SMILES string of the molecule is COc1cc(OC)c2c(c1Cl)C(N)C(=O)N2. The Labute approximate surface area is 97.5 Å². The Morgan fingerprint density at radius 1 is 1.38 bits per heavy atom. The van der Waals surface area contributed by atoms with Gasteiger partial charge in [0.2, 0.25) is 5.91 Å². The summed E-state index contributed by atoms with van der Waals surface area (Å²) in [5.41, 5.74) is 6.77. The van der Waals surface area contributed by atoms with Crippen molar-refractivity contribution in [1.82, 2.24) is 0 Å². The zero-order chi connectivity index (χ0) is 11.9. The van der Waals surface area contributed by atoms with Crippen LogP contribution in [0.3, 0.4) is 0 Å². The number of amides is 1. The number of hydrogen-bond acceptors (Lipinski definition) is 4. The first-order chi connectivity index (χ1) is 7.60. The molecule has 1 aliphatic rings. The van der Waals surface area contributed by atoms with Crippen molar-refractivity contribution >= 4 is 23.2 Å². The first-order valence-electron chi connectivity index (χ1n) is 4.61. The van der Waals surface area contributed by atoms with Crippen molar-refractivity contribution in [3.05, 3.63) is 16.7 Å². The van der Waals surface area contributed by atoms with Crippen LogP contribution < -0.4 is 20.5 Å². The fraction of sp³-hybridized carbons (Fsp3) is 0.300. The average molecular weight is 243 g/mol. The molecule has 2 rings (SSSR count). The van der Waals surface area contributed by atoms with E-state index in [2.05, 4.69) is 5.32 Å². The molecule has 0 saturated carbocycles. The Morgan fingerprint density at radius 2 is 2.00 bits per heavy atom. The number of fused-ring (bicyclic) bond motifs is 1. The Bertz CT molecular complexity index is 462. The Morgan fingerprint density at radius 3 is 2.56 bits per heavy atom. The molecule has 3 N–H and O–H groups in total. The van der Waals surface area contributed by atoms with E-state index in [-0.39, 0.29) is 5.91 Å². The van der Waals surface area contributed by atoms with Crippen LogP contribution in [0.5, 0.6) is 11.5 Å². The molecule has 1 aromatic carbocycles. The minimum absolute atomic E-state index is 0.302. The van der Waals surface area contributed by atoms with Gasteiger partial charge >= 0.3 is 0 Å². The number of nitrogens with one attached hydrogen (secondary N) is 1. The van der Waals surface area contributed by atoms with Crippen LogP contribution in [0.15, 0.2) is 6.07 Å². The monoisotopic (exact) mass is 242 g/mol. The summed E-state index contributed by atoms with van der Waals surface area (Å²) in [5, 5.41) is 2.97. The van der Waals surface area contributed by atoms with Crippen LogP contribution in [0.2, 0.25) is 5.02 Å². The third-order valence-corrected chi connectivity index (χ3v) is 2.90. The van der Waals surface area contributed by atoms with E-state index in [0.29, 0.717) is 27.8 Å². The Hall–Kier alpha value is -1.46. The van der Waals surface area contributed by atoms with Gasteiger partial charge in [-0.15, -0.1) is 0 Å². The van der Waals surface area contributed by atoms with Gasteiger partial charge in [0.15, 0.2) is 0 Å². The maximum Gasteiger partial charge on any atom is 0.246 e. The largest absolute Gasteiger partial charge is 0.495 e. The van der Waals surface area contributed by atoms with Crippen LogP contribution in [-0.2, 0) is 4.79 Å². The zero-order valence-electron chi connectivity index (χ0n) is 8.83. The van der Waals surface area contributed by atoms with Crippen molar-refractivity contribution in [2.45, 2.75) is 6.04 Å². The molecule has 0 spiro atoms. The maximum absolute atomic E-state index is 11.5. The second-order valence-electron chi connectivity index (χ2n) is 3.35. The maximum atomic E-state index is 11.5.